The van der Waals surface area contributed by atoms with E-state index in [1.807, 2.05) is 30.7 Å². The maximum absolute atomic E-state index is 5.63. The topological polar surface area (TPSA) is 55.0 Å². The van der Waals surface area contributed by atoms with Gasteiger partial charge in [0.25, 0.3) is 0 Å². The molecule has 0 unspecified atom stereocenters. The molecule has 2 rings (SSSR count). The lowest BCUT2D eigenvalue weighted by Gasteiger charge is -2.19. The van der Waals surface area contributed by atoms with Crippen LogP contribution < -0.4 is 5.73 Å². The number of pyridine rings is 1. The Morgan fingerprint density at radius 2 is 2.06 bits per heavy atom. The van der Waals surface area contributed by atoms with Crippen LogP contribution in [0.2, 0.25) is 0 Å². The fourth-order valence-electron chi connectivity index (χ4n) is 1.64. The number of rotatable bonds is 5. The van der Waals surface area contributed by atoms with Crippen LogP contribution in [0.1, 0.15) is 17.4 Å². The van der Waals surface area contributed by atoms with E-state index in [1.54, 1.807) is 11.3 Å². The van der Waals surface area contributed by atoms with Gasteiger partial charge in [-0.2, -0.15) is 0 Å². The fourth-order valence-corrected chi connectivity index (χ4v) is 2.37. The van der Waals surface area contributed by atoms with Crippen LogP contribution in [0.3, 0.4) is 0 Å². The first-order valence-electron chi connectivity index (χ1n) is 5.59. The first kappa shape index (κ1) is 12.0. The highest BCUT2D eigenvalue weighted by atomic mass is 32.1. The molecule has 0 atom stereocenters. The van der Waals surface area contributed by atoms with Gasteiger partial charge in [0.1, 0.15) is 0 Å². The minimum atomic E-state index is 0.639. The summed E-state index contributed by atoms with van der Waals surface area (Å²) in [5, 5.41) is 0.639. The van der Waals surface area contributed by atoms with Crippen LogP contribution in [0.4, 0.5) is 5.13 Å². The van der Waals surface area contributed by atoms with Gasteiger partial charge in [0.05, 0.1) is 0 Å². The Hall–Kier alpha value is -1.46. The lowest BCUT2D eigenvalue weighted by molar-refractivity contribution is 0.273. The van der Waals surface area contributed by atoms with Crippen molar-refractivity contribution in [2.45, 2.75) is 20.0 Å². The minimum Gasteiger partial charge on any atom is -0.375 e. The van der Waals surface area contributed by atoms with Gasteiger partial charge in [0, 0.05) is 36.6 Å². The van der Waals surface area contributed by atoms with Crippen molar-refractivity contribution in [1.82, 2.24) is 14.9 Å². The molecule has 0 spiro atoms. The molecule has 0 saturated heterocycles. The zero-order valence-corrected chi connectivity index (χ0v) is 10.7. The lowest BCUT2D eigenvalue weighted by Crippen LogP contribution is -2.21. The summed E-state index contributed by atoms with van der Waals surface area (Å²) in [5.41, 5.74) is 6.91. The number of nitrogen functional groups attached to an aromatic ring is 1. The van der Waals surface area contributed by atoms with E-state index in [-0.39, 0.29) is 0 Å². The third-order valence-electron chi connectivity index (χ3n) is 2.55. The Kier molecular flexibility index (Phi) is 4.06. The summed E-state index contributed by atoms with van der Waals surface area (Å²) < 4.78 is 0. The Bertz CT molecular complexity index is 455. The molecule has 0 amide bonds. The van der Waals surface area contributed by atoms with Gasteiger partial charge in [-0.25, -0.2) is 4.98 Å². The van der Waals surface area contributed by atoms with Crippen LogP contribution in [0, 0.1) is 0 Å². The van der Waals surface area contributed by atoms with Crippen LogP contribution in [0.25, 0.3) is 0 Å². The SMILES string of the molecule is CCN(Cc1ccncc1)Cc1cnc(N)s1. The van der Waals surface area contributed by atoms with E-state index in [1.165, 1.54) is 10.4 Å². The molecule has 90 valence electrons. The average Bonchev–Trinajstić information content (AvgIpc) is 2.75. The van der Waals surface area contributed by atoms with Crippen molar-refractivity contribution in [3.8, 4) is 0 Å². The predicted molar refractivity (Wildman–Crippen MR) is 70.6 cm³/mol. The number of thiazole rings is 1. The third kappa shape index (κ3) is 3.51. The van der Waals surface area contributed by atoms with Crippen molar-refractivity contribution in [3.63, 3.8) is 0 Å². The number of anilines is 1. The van der Waals surface area contributed by atoms with Crippen molar-refractivity contribution >= 4 is 16.5 Å². The third-order valence-corrected chi connectivity index (χ3v) is 3.36. The van der Waals surface area contributed by atoms with Crippen LogP contribution in [0.15, 0.2) is 30.7 Å². The molecule has 5 heteroatoms. The predicted octanol–water partition coefficient (Wildman–Crippen LogP) is 2.14. The van der Waals surface area contributed by atoms with Gasteiger partial charge >= 0.3 is 0 Å². The number of hydrogen-bond acceptors (Lipinski definition) is 5. The van der Waals surface area contributed by atoms with E-state index in [0.29, 0.717) is 5.13 Å². The van der Waals surface area contributed by atoms with E-state index in [2.05, 4.69) is 21.8 Å². The van der Waals surface area contributed by atoms with Crippen molar-refractivity contribution < 1.29 is 0 Å². The second-order valence-electron chi connectivity index (χ2n) is 3.82. The largest absolute Gasteiger partial charge is 0.375 e. The molecule has 0 aliphatic heterocycles. The van der Waals surface area contributed by atoms with Crippen molar-refractivity contribution in [2.24, 2.45) is 0 Å². The second kappa shape index (κ2) is 5.75. The van der Waals surface area contributed by atoms with Gasteiger partial charge in [-0.15, -0.1) is 11.3 Å². The van der Waals surface area contributed by atoms with E-state index in [0.717, 1.165) is 19.6 Å². The van der Waals surface area contributed by atoms with Crippen LogP contribution in [-0.2, 0) is 13.1 Å². The molecule has 4 nitrogen and oxygen atoms in total. The highest BCUT2D eigenvalue weighted by molar-refractivity contribution is 7.15. The molecule has 2 aromatic rings. The minimum absolute atomic E-state index is 0.639. The first-order valence-corrected chi connectivity index (χ1v) is 6.41. The highest BCUT2D eigenvalue weighted by Crippen LogP contribution is 2.17. The summed E-state index contributed by atoms with van der Waals surface area (Å²) >= 11 is 1.55. The maximum Gasteiger partial charge on any atom is 0.180 e. The summed E-state index contributed by atoms with van der Waals surface area (Å²) in [6.07, 6.45) is 5.51. The molecule has 0 aliphatic carbocycles. The van der Waals surface area contributed by atoms with Gasteiger partial charge in [-0.05, 0) is 24.2 Å². The second-order valence-corrected chi connectivity index (χ2v) is 4.97. The van der Waals surface area contributed by atoms with E-state index in [4.69, 9.17) is 5.73 Å². The molecule has 0 bridgehead atoms. The van der Waals surface area contributed by atoms with Crippen LogP contribution >= 0.6 is 11.3 Å². The highest BCUT2D eigenvalue weighted by Gasteiger charge is 2.07. The quantitative estimate of drug-likeness (QED) is 0.881. The average molecular weight is 248 g/mol. The maximum atomic E-state index is 5.63. The number of aromatic nitrogens is 2. The van der Waals surface area contributed by atoms with Gasteiger partial charge in [0.2, 0.25) is 0 Å². The summed E-state index contributed by atoms with van der Waals surface area (Å²) in [6.45, 7) is 4.98. The van der Waals surface area contributed by atoms with Crippen molar-refractivity contribution in [1.29, 1.82) is 0 Å². The van der Waals surface area contributed by atoms with Gasteiger partial charge in [0.15, 0.2) is 5.13 Å². The summed E-state index contributed by atoms with van der Waals surface area (Å²) in [4.78, 5) is 11.6. The molecule has 0 radical (unpaired) electrons. The first-order chi connectivity index (χ1) is 8.28. The monoisotopic (exact) mass is 248 g/mol. The van der Waals surface area contributed by atoms with E-state index < -0.39 is 0 Å². The van der Waals surface area contributed by atoms with Crippen LogP contribution in [-0.4, -0.2) is 21.4 Å². The molecular weight excluding hydrogens is 232 g/mol. The zero-order chi connectivity index (χ0) is 12.1. The summed E-state index contributed by atoms with van der Waals surface area (Å²) in [5.74, 6) is 0. The van der Waals surface area contributed by atoms with Crippen molar-refractivity contribution in [2.75, 3.05) is 12.3 Å². The Morgan fingerprint density at radius 3 is 2.65 bits per heavy atom. The Morgan fingerprint density at radius 1 is 1.29 bits per heavy atom. The molecule has 2 N–H and O–H groups in total. The summed E-state index contributed by atoms with van der Waals surface area (Å²) in [7, 11) is 0. The molecule has 0 aromatic carbocycles. The van der Waals surface area contributed by atoms with E-state index in [9.17, 15) is 0 Å². The molecule has 2 aromatic heterocycles. The van der Waals surface area contributed by atoms with E-state index >= 15 is 0 Å². The zero-order valence-electron chi connectivity index (χ0n) is 9.84. The smallest absolute Gasteiger partial charge is 0.180 e. The molecule has 0 saturated carbocycles. The number of hydrogen-bond donors (Lipinski definition) is 1. The Labute approximate surface area is 105 Å². The number of nitrogens with zero attached hydrogens (tertiary/aromatic N) is 3. The molecule has 17 heavy (non-hydrogen) atoms. The molecule has 0 fully saturated rings. The van der Waals surface area contributed by atoms with Crippen molar-refractivity contribution in [3.05, 3.63) is 41.2 Å². The molecular formula is C12H16N4S. The van der Waals surface area contributed by atoms with Gasteiger partial charge in [-0.1, -0.05) is 6.92 Å². The normalized spacial score (nSPS) is 10.9. The van der Waals surface area contributed by atoms with Gasteiger partial charge < -0.3 is 5.73 Å². The summed E-state index contributed by atoms with van der Waals surface area (Å²) in [6, 6.07) is 4.09. The Balaban J connectivity index is 1.98. The molecule has 2 heterocycles. The molecule has 0 aliphatic rings. The number of nitrogens with two attached hydrogens (primary N) is 1. The standard InChI is InChI=1S/C12H16N4S/c1-2-16(8-10-3-5-14-6-4-10)9-11-7-15-12(13)17-11/h3-7H,2,8-9H2,1H3,(H2,13,15). The van der Waals surface area contributed by atoms with Gasteiger partial charge in [-0.3, -0.25) is 9.88 Å². The van der Waals surface area contributed by atoms with Crippen LogP contribution in [0.5, 0.6) is 0 Å². The lowest BCUT2D eigenvalue weighted by atomic mass is 10.2. The fraction of sp³-hybridized carbons (Fsp3) is 0.333.